The Hall–Kier alpha value is -0.560. The normalized spacial score (nSPS) is 44.7. The van der Waals surface area contributed by atoms with Crippen molar-refractivity contribution in [2.24, 2.45) is 5.41 Å². The van der Waals surface area contributed by atoms with Gasteiger partial charge in [-0.05, 0) is 13.8 Å². The van der Waals surface area contributed by atoms with Gasteiger partial charge < -0.3 is 0 Å². The standard InChI is InChI=1S/C10H12F8/c1-5(2)6(3,11)7(4,12)9(15,16)10(17,18)8(5,13)14/h1-4H3. The van der Waals surface area contributed by atoms with Crippen molar-refractivity contribution >= 4 is 0 Å². The minimum absolute atomic E-state index is 0.127. The van der Waals surface area contributed by atoms with Crippen LogP contribution in [0.25, 0.3) is 0 Å². The zero-order chi connectivity index (χ0) is 15.0. The first-order valence-electron chi connectivity index (χ1n) is 5.01. The summed E-state index contributed by atoms with van der Waals surface area (Å²) in [4.78, 5) is 0. The van der Waals surface area contributed by atoms with Crippen molar-refractivity contribution in [2.45, 2.75) is 56.8 Å². The average molecular weight is 284 g/mol. The Labute approximate surface area is 98.3 Å². The summed E-state index contributed by atoms with van der Waals surface area (Å²) in [5, 5.41) is 0. The molecule has 8 heteroatoms. The maximum absolute atomic E-state index is 14.1. The van der Waals surface area contributed by atoms with Gasteiger partial charge in [0.2, 0.25) is 5.67 Å². The first-order chi connectivity index (χ1) is 7.50. The van der Waals surface area contributed by atoms with Gasteiger partial charge in [-0.1, -0.05) is 13.8 Å². The van der Waals surface area contributed by atoms with Crippen LogP contribution in [0.4, 0.5) is 35.1 Å². The number of alkyl halides is 8. The Kier molecular flexibility index (Phi) is 2.69. The van der Waals surface area contributed by atoms with Gasteiger partial charge in [0.05, 0.1) is 5.41 Å². The predicted octanol–water partition coefficient (Wildman–Crippen LogP) is 4.39. The molecule has 1 rings (SSSR count). The fraction of sp³-hybridized carbons (Fsp3) is 1.00. The second-order valence-corrected chi connectivity index (χ2v) is 5.35. The van der Waals surface area contributed by atoms with E-state index in [1.54, 1.807) is 0 Å². The quantitative estimate of drug-likeness (QED) is 0.579. The molecule has 0 aromatic carbocycles. The third-order valence-corrected chi connectivity index (χ3v) is 4.22. The van der Waals surface area contributed by atoms with E-state index in [9.17, 15) is 35.1 Å². The summed E-state index contributed by atoms with van der Waals surface area (Å²) in [6.45, 7) is 0.615. The fourth-order valence-corrected chi connectivity index (χ4v) is 2.06. The molecule has 0 N–H and O–H groups in total. The highest BCUT2D eigenvalue weighted by Gasteiger charge is 2.92. The number of hydrogen-bond donors (Lipinski definition) is 0. The van der Waals surface area contributed by atoms with E-state index >= 15 is 0 Å². The summed E-state index contributed by atoms with van der Waals surface area (Å²) >= 11 is 0. The Bertz CT molecular complexity index is 249. The molecule has 0 aromatic rings. The van der Waals surface area contributed by atoms with Crippen LogP contribution < -0.4 is 0 Å². The molecule has 0 amide bonds. The maximum Gasteiger partial charge on any atom is 0.376 e. The first-order valence-corrected chi connectivity index (χ1v) is 5.01. The van der Waals surface area contributed by atoms with Gasteiger partial charge in [0, 0.05) is 0 Å². The molecular weight excluding hydrogens is 272 g/mol. The summed E-state index contributed by atoms with van der Waals surface area (Å²) in [5.74, 6) is -17.2. The summed E-state index contributed by atoms with van der Waals surface area (Å²) < 4.78 is 108. The van der Waals surface area contributed by atoms with Crippen LogP contribution in [0.15, 0.2) is 0 Å². The van der Waals surface area contributed by atoms with Crippen molar-refractivity contribution in [2.75, 3.05) is 0 Å². The van der Waals surface area contributed by atoms with E-state index in [-0.39, 0.29) is 13.8 Å². The topological polar surface area (TPSA) is 0 Å². The lowest BCUT2D eigenvalue weighted by Crippen LogP contribution is -2.81. The summed E-state index contributed by atoms with van der Waals surface area (Å²) in [6, 6.07) is 0. The lowest BCUT2D eigenvalue weighted by atomic mass is 9.56. The monoisotopic (exact) mass is 284 g/mol. The van der Waals surface area contributed by atoms with Crippen LogP contribution >= 0.6 is 0 Å². The van der Waals surface area contributed by atoms with Gasteiger partial charge in [-0.15, -0.1) is 0 Å². The van der Waals surface area contributed by atoms with Gasteiger partial charge in [-0.25, -0.2) is 8.78 Å². The van der Waals surface area contributed by atoms with Gasteiger partial charge in [-0.2, -0.15) is 26.3 Å². The van der Waals surface area contributed by atoms with E-state index in [2.05, 4.69) is 0 Å². The molecule has 0 aromatic heterocycles. The molecule has 1 aliphatic rings. The average Bonchev–Trinajstić information content (AvgIpc) is 2.14. The van der Waals surface area contributed by atoms with Crippen LogP contribution in [0.3, 0.4) is 0 Å². The molecule has 0 nitrogen and oxygen atoms in total. The number of hydrogen-bond acceptors (Lipinski definition) is 0. The molecule has 0 saturated heterocycles. The molecule has 0 bridgehead atoms. The number of rotatable bonds is 0. The van der Waals surface area contributed by atoms with Crippen molar-refractivity contribution in [3.05, 3.63) is 0 Å². The van der Waals surface area contributed by atoms with E-state index in [1.165, 1.54) is 0 Å². The van der Waals surface area contributed by atoms with E-state index in [0.29, 0.717) is 13.8 Å². The van der Waals surface area contributed by atoms with Crippen molar-refractivity contribution in [3.8, 4) is 0 Å². The number of halogens is 8. The molecule has 108 valence electrons. The molecule has 1 fully saturated rings. The Balaban J connectivity index is 3.72. The second-order valence-electron chi connectivity index (χ2n) is 5.35. The molecule has 0 spiro atoms. The van der Waals surface area contributed by atoms with Gasteiger partial charge in [-0.3, -0.25) is 0 Å². The minimum Gasteiger partial charge on any atom is -0.240 e. The minimum atomic E-state index is -5.99. The van der Waals surface area contributed by atoms with Crippen LogP contribution in [0.2, 0.25) is 0 Å². The van der Waals surface area contributed by atoms with Crippen LogP contribution in [0, 0.1) is 5.41 Å². The van der Waals surface area contributed by atoms with Crippen molar-refractivity contribution in [1.29, 1.82) is 0 Å². The van der Waals surface area contributed by atoms with E-state index in [1.807, 2.05) is 0 Å². The van der Waals surface area contributed by atoms with Gasteiger partial charge in [0.15, 0.2) is 5.67 Å². The van der Waals surface area contributed by atoms with Crippen LogP contribution in [-0.4, -0.2) is 29.1 Å². The van der Waals surface area contributed by atoms with Crippen molar-refractivity contribution < 1.29 is 35.1 Å². The molecule has 2 unspecified atom stereocenters. The zero-order valence-electron chi connectivity index (χ0n) is 10.0. The van der Waals surface area contributed by atoms with E-state index in [0.717, 1.165) is 0 Å². The Morgan fingerprint density at radius 1 is 0.444 bits per heavy atom. The SMILES string of the molecule is CC1(C)C(C)(F)C(C)(F)C(F)(F)C(F)(F)C1(F)F. The van der Waals surface area contributed by atoms with Crippen molar-refractivity contribution in [3.63, 3.8) is 0 Å². The van der Waals surface area contributed by atoms with Gasteiger partial charge in [0.1, 0.15) is 0 Å². The van der Waals surface area contributed by atoms with Crippen molar-refractivity contribution in [1.82, 2.24) is 0 Å². The zero-order valence-corrected chi connectivity index (χ0v) is 10.0. The summed E-state index contributed by atoms with van der Waals surface area (Å²) in [6.07, 6.45) is 0. The first kappa shape index (κ1) is 15.5. The molecule has 0 heterocycles. The fourth-order valence-electron chi connectivity index (χ4n) is 2.06. The molecule has 2 atom stereocenters. The smallest absolute Gasteiger partial charge is 0.240 e. The Morgan fingerprint density at radius 2 is 0.778 bits per heavy atom. The highest BCUT2D eigenvalue weighted by molar-refractivity contribution is 5.26. The summed E-state index contributed by atoms with van der Waals surface area (Å²) in [7, 11) is 0. The van der Waals surface area contributed by atoms with Crippen LogP contribution in [-0.2, 0) is 0 Å². The maximum atomic E-state index is 14.1. The molecule has 18 heavy (non-hydrogen) atoms. The van der Waals surface area contributed by atoms with E-state index < -0.39 is 34.5 Å². The molecule has 0 aliphatic heterocycles. The van der Waals surface area contributed by atoms with Crippen LogP contribution in [0.1, 0.15) is 27.7 Å². The Morgan fingerprint density at radius 3 is 1.11 bits per heavy atom. The van der Waals surface area contributed by atoms with Gasteiger partial charge in [0.25, 0.3) is 0 Å². The summed E-state index contributed by atoms with van der Waals surface area (Å²) in [5.41, 5.74) is -11.6. The molecule has 0 radical (unpaired) electrons. The highest BCUT2D eigenvalue weighted by atomic mass is 19.3. The predicted molar refractivity (Wildman–Crippen MR) is 47.6 cm³/mol. The third kappa shape index (κ3) is 1.13. The third-order valence-electron chi connectivity index (χ3n) is 4.22. The lowest BCUT2D eigenvalue weighted by molar-refractivity contribution is -0.431. The van der Waals surface area contributed by atoms with Crippen LogP contribution in [0.5, 0.6) is 0 Å². The van der Waals surface area contributed by atoms with E-state index in [4.69, 9.17) is 0 Å². The molecular formula is C10H12F8. The largest absolute Gasteiger partial charge is 0.376 e. The lowest BCUT2D eigenvalue weighted by Gasteiger charge is -2.58. The second kappa shape index (κ2) is 3.12. The molecule has 1 aliphatic carbocycles. The van der Waals surface area contributed by atoms with Gasteiger partial charge >= 0.3 is 17.8 Å². The highest BCUT2D eigenvalue weighted by Crippen LogP contribution is 2.69. The molecule has 1 saturated carbocycles.